The number of aromatic amines is 1. The Hall–Kier alpha value is -3.41. The number of nitrogens with one attached hydrogen (secondary N) is 2. The summed E-state index contributed by atoms with van der Waals surface area (Å²) in [5.74, 6) is -1.15. The molecule has 4 N–H and O–H groups in total. The van der Waals surface area contributed by atoms with Crippen molar-refractivity contribution in [3.05, 3.63) is 75.7 Å². The van der Waals surface area contributed by atoms with Crippen LogP contribution in [0.15, 0.2) is 53.3 Å². The Morgan fingerprint density at radius 3 is 2.58 bits per heavy atom. The van der Waals surface area contributed by atoms with Crippen molar-refractivity contribution in [2.75, 3.05) is 5.32 Å². The number of anilines is 1. The quantitative estimate of drug-likeness (QED) is 0.688. The molecule has 0 atom stereocenters. The third kappa shape index (κ3) is 2.77. The van der Waals surface area contributed by atoms with Gasteiger partial charge in [-0.1, -0.05) is 30.3 Å². The number of primary amides is 1. The van der Waals surface area contributed by atoms with Crippen molar-refractivity contribution in [3.63, 3.8) is 0 Å². The fraction of sp³-hybridized carbons (Fsp3) is 0.0556. The van der Waals surface area contributed by atoms with Crippen LogP contribution >= 0.6 is 0 Å². The van der Waals surface area contributed by atoms with E-state index in [1.807, 2.05) is 0 Å². The van der Waals surface area contributed by atoms with Gasteiger partial charge in [-0.15, -0.1) is 0 Å². The number of aromatic nitrogens is 1. The minimum atomic E-state index is -0.629. The lowest BCUT2D eigenvalue weighted by molar-refractivity contribution is 0.100. The molecule has 0 radical (unpaired) electrons. The van der Waals surface area contributed by atoms with Gasteiger partial charge in [-0.25, -0.2) is 0 Å². The van der Waals surface area contributed by atoms with E-state index >= 15 is 0 Å². The maximum absolute atomic E-state index is 12.5. The van der Waals surface area contributed by atoms with Crippen LogP contribution in [0.1, 0.15) is 26.4 Å². The Morgan fingerprint density at radius 2 is 1.83 bits per heavy atom. The normalized spacial score (nSPS) is 10.5. The molecule has 0 saturated carbocycles. The van der Waals surface area contributed by atoms with Crippen molar-refractivity contribution in [1.29, 1.82) is 0 Å². The van der Waals surface area contributed by atoms with Crippen LogP contribution in [0.3, 0.4) is 0 Å². The van der Waals surface area contributed by atoms with Crippen LogP contribution in [0, 0.1) is 6.92 Å². The van der Waals surface area contributed by atoms with Crippen LogP contribution in [-0.4, -0.2) is 16.8 Å². The highest BCUT2D eigenvalue weighted by Gasteiger charge is 2.15. The van der Waals surface area contributed by atoms with Crippen LogP contribution in [0.5, 0.6) is 0 Å². The molecule has 2 amide bonds. The average Bonchev–Trinajstić information content (AvgIpc) is 2.54. The largest absolute Gasteiger partial charge is 0.366 e. The molecule has 24 heavy (non-hydrogen) atoms. The molecule has 120 valence electrons. The minimum Gasteiger partial charge on any atom is -0.366 e. The van der Waals surface area contributed by atoms with E-state index < -0.39 is 11.8 Å². The van der Waals surface area contributed by atoms with E-state index in [9.17, 15) is 14.4 Å². The van der Waals surface area contributed by atoms with E-state index in [-0.39, 0.29) is 16.8 Å². The molecule has 0 bridgehead atoms. The second kappa shape index (κ2) is 6.00. The van der Waals surface area contributed by atoms with Gasteiger partial charge < -0.3 is 16.0 Å². The van der Waals surface area contributed by atoms with E-state index in [1.54, 1.807) is 55.5 Å². The topological polar surface area (TPSA) is 105 Å². The van der Waals surface area contributed by atoms with E-state index in [2.05, 4.69) is 10.3 Å². The molecular weight excluding hydrogens is 306 g/mol. The summed E-state index contributed by atoms with van der Waals surface area (Å²) in [7, 11) is 0. The van der Waals surface area contributed by atoms with Gasteiger partial charge in [-0.2, -0.15) is 0 Å². The Morgan fingerprint density at radius 1 is 1.08 bits per heavy atom. The summed E-state index contributed by atoms with van der Waals surface area (Å²) in [5, 5.41) is 3.79. The molecule has 2 aromatic carbocycles. The number of fused-ring (bicyclic) bond motifs is 1. The molecule has 0 fully saturated rings. The summed E-state index contributed by atoms with van der Waals surface area (Å²) in [5.41, 5.74) is 6.35. The van der Waals surface area contributed by atoms with Crippen LogP contribution < -0.4 is 16.6 Å². The molecule has 0 aliphatic carbocycles. The van der Waals surface area contributed by atoms with Gasteiger partial charge in [0.15, 0.2) is 0 Å². The monoisotopic (exact) mass is 321 g/mol. The number of pyridine rings is 1. The lowest BCUT2D eigenvalue weighted by atomic mass is 10.1. The highest BCUT2D eigenvalue weighted by Crippen LogP contribution is 2.20. The first-order chi connectivity index (χ1) is 11.5. The number of carbonyl (C=O) groups excluding carboxylic acids is 2. The number of amides is 2. The summed E-state index contributed by atoms with van der Waals surface area (Å²) >= 11 is 0. The molecule has 1 heterocycles. The molecule has 3 rings (SSSR count). The predicted octanol–water partition coefficient (Wildman–Crippen LogP) is 2.19. The highest BCUT2D eigenvalue weighted by atomic mass is 16.2. The van der Waals surface area contributed by atoms with Gasteiger partial charge in [-0.05, 0) is 36.1 Å². The second-order valence-electron chi connectivity index (χ2n) is 5.42. The lowest BCUT2D eigenvalue weighted by Crippen LogP contribution is -2.22. The first-order valence-corrected chi connectivity index (χ1v) is 7.30. The predicted molar refractivity (Wildman–Crippen MR) is 92.2 cm³/mol. The number of hydrogen-bond donors (Lipinski definition) is 3. The van der Waals surface area contributed by atoms with Gasteiger partial charge in [0, 0.05) is 5.39 Å². The minimum absolute atomic E-state index is 0.107. The number of H-pyrrole nitrogens is 1. The molecule has 0 saturated heterocycles. The number of nitrogens with two attached hydrogens (primary N) is 1. The van der Waals surface area contributed by atoms with Crippen molar-refractivity contribution in [1.82, 2.24) is 4.98 Å². The smallest absolute Gasteiger partial charge is 0.272 e. The van der Waals surface area contributed by atoms with Crippen molar-refractivity contribution >= 4 is 28.3 Å². The molecule has 0 spiro atoms. The van der Waals surface area contributed by atoms with Crippen molar-refractivity contribution in [3.8, 4) is 0 Å². The van der Waals surface area contributed by atoms with E-state index in [0.717, 1.165) is 0 Å². The second-order valence-corrected chi connectivity index (χ2v) is 5.42. The Bertz CT molecular complexity index is 1020. The van der Waals surface area contributed by atoms with Crippen LogP contribution in [0.2, 0.25) is 0 Å². The Balaban J connectivity index is 2.01. The number of carbonyl (C=O) groups is 2. The lowest BCUT2D eigenvalue weighted by Gasteiger charge is -2.11. The number of rotatable bonds is 3. The first-order valence-electron chi connectivity index (χ1n) is 7.30. The van der Waals surface area contributed by atoms with Crippen LogP contribution in [-0.2, 0) is 0 Å². The molecule has 0 aliphatic rings. The Labute approximate surface area is 137 Å². The van der Waals surface area contributed by atoms with Crippen LogP contribution in [0.4, 0.5) is 5.69 Å². The zero-order valence-corrected chi connectivity index (χ0v) is 12.9. The third-order valence-electron chi connectivity index (χ3n) is 3.77. The molecule has 0 unspecified atom stereocenters. The fourth-order valence-corrected chi connectivity index (χ4v) is 2.62. The number of benzene rings is 2. The van der Waals surface area contributed by atoms with Crippen molar-refractivity contribution in [2.24, 2.45) is 5.73 Å². The molecule has 1 aromatic heterocycles. The first kappa shape index (κ1) is 15.5. The summed E-state index contributed by atoms with van der Waals surface area (Å²) in [6.45, 7) is 1.73. The molecule has 6 heteroatoms. The zero-order chi connectivity index (χ0) is 17.3. The number of aryl methyl sites for hydroxylation is 1. The van der Waals surface area contributed by atoms with Gasteiger partial charge in [0.2, 0.25) is 0 Å². The summed E-state index contributed by atoms with van der Waals surface area (Å²) in [6.07, 6.45) is 0. The van der Waals surface area contributed by atoms with Gasteiger partial charge >= 0.3 is 0 Å². The van der Waals surface area contributed by atoms with Gasteiger partial charge in [0.25, 0.3) is 17.4 Å². The van der Waals surface area contributed by atoms with Gasteiger partial charge in [0.1, 0.15) is 5.69 Å². The van der Waals surface area contributed by atoms with Crippen molar-refractivity contribution < 1.29 is 9.59 Å². The van der Waals surface area contributed by atoms with Crippen molar-refractivity contribution in [2.45, 2.75) is 6.92 Å². The van der Waals surface area contributed by atoms with E-state index in [4.69, 9.17) is 5.73 Å². The molecular formula is C18H15N3O3. The number of hydrogen-bond acceptors (Lipinski definition) is 3. The fourth-order valence-electron chi connectivity index (χ4n) is 2.62. The summed E-state index contributed by atoms with van der Waals surface area (Å²) in [4.78, 5) is 38.7. The molecule has 0 aliphatic heterocycles. The highest BCUT2D eigenvalue weighted by molar-refractivity contribution is 6.09. The van der Waals surface area contributed by atoms with Gasteiger partial charge in [0.05, 0.1) is 11.3 Å². The zero-order valence-electron chi connectivity index (χ0n) is 12.9. The maximum atomic E-state index is 12.5. The van der Waals surface area contributed by atoms with E-state index in [1.165, 1.54) is 0 Å². The Kier molecular flexibility index (Phi) is 3.87. The third-order valence-corrected chi connectivity index (χ3v) is 3.77. The van der Waals surface area contributed by atoms with E-state index in [0.29, 0.717) is 22.0 Å². The SMILES string of the molecule is Cc1cccc(NC(=O)c2cc3ccccc3c(=O)[nH]2)c1C(N)=O. The van der Waals surface area contributed by atoms with Gasteiger partial charge in [-0.3, -0.25) is 14.4 Å². The molecule has 6 nitrogen and oxygen atoms in total. The maximum Gasteiger partial charge on any atom is 0.272 e. The summed E-state index contributed by atoms with van der Waals surface area (Å²) < 4.78 is 0. The molecule has 3 aromatic rings. The van der Waals surface area contributed by atoms with Crippen LogP contribution in [0.25, 0.3) is 10.8 Å². The average molecular weight is 321 g/mol. The summed E-state index contributed by atoms with van der Waals surface area (Å²) in [6, 6.07) is 13.6. The standard InChI is InChI=1S/C18H15N3O3/c1-10-5-4-8-13(15(10)16(19)22)20-18(24)14-9-11-6-2-3-7-12(11)17(23)21-14/h2-9H,1H3,(H2,19,22)(H,20,24)(H,21,23).